The molecule has 0 radical (unpaired) electrons. The van der Waals surface area contributed by atoms with Gasteiger partial charge in [0.05, 0.1) is 12.8 Å². The van der Waals surface area contributed by atoms with E-state index in [1.165, 1.54) is 12.8 Å². The molecule has 28 heavy (non-hydrogen) atoms. The number of hydrogen-bond donors (Lipinski definition) is 2. The number of anilines is 1. The van der Waals surface area contributed by atoms with Crippen molar-refractivity contribution in [2.45, 2.75) is 39.0 Å². The number of rotatable bonds is 6. The molecule has 2 N–H and O–H groups in total. The van der Waals surface area contributed by atoms with Gasteiger partial charge in [0.25, 0.3) is 0 Å². The van der Waals surface area contributed by atoms with Crippen molar-refractivity contribution in [2.75, 3.05) is 38.6 Å². The van der Waals surface area contributed by atoms with Crippen LogP contribution in [-0.2, 0) is 9.59 Å². The van der Waals surface area contributed by atoms with E-state index in [4.69, 9.17) is 4.74 Å². The highest BCUT2D eigenvalue weighted by Gasteiger charge is 2.29. The third-order valence-corrected chi connectivity index (χ3v) is 6.22. The van der Waals surface area contributed by atoms with Crippen LogP contribution in [0.1, 0.15) is 39.0 Å². The molecule has 0 spiro atoms. The van der Waals surface area contributed by atoms with E-state index in [0.29, 0.717) is 55.6 Å². The van der Waals surface area contributed by atoms with Crippen molar-refractivity contribution < 1.29 is 14.3 Å². The van der Waals surface area contributed by atoms with E-state index in [9.17, 15) is 9.59 Å². The number of hydrogen-bond acceptors (Lipinski definition) is 4. The van der Waals surface area contributed by atoms with Crippen molar-refractivity contribution in [3.63, 3.8) is 0 Å². The zero-order chi connectivity index (χ0) is 19.9. The topological polar surface area (TPSA) is 70.7 Å². The Bertz CT molecular complexity index is 665. The van der Waals surface area contributed by atoms with Gasteiger partial charge in [0.1, 0.15) is 5.75 Å². The van der Waals surface area contributed by atoms with Crippen LogP contribution in [0.4, 0.5) is 5.69 Å². The second-order valence-electron chi connectivity index (χ2n) is 8.13. The van der Waals surface area contributed by atoms with Crippen molar-refractivity contribution >= 4 is 17.5 Å². The molecule has 6 nitrogen and oxygen atoms in total. The van der Waals surface area contributed by atoms with Crippen LogP contribution in [0.3, 0.4) is 0 Å². The molecule has 1 aromatic rings. The number of piperidine rings is 2. The smallest absolute Gasteiger partial charge is 0.227 e. The average Bonchev–Trinajstić information content (AvgIpc) is 2.74. The first kappa shape index (κ1) is 20.6. The molecular weight excluding hydrogens is 354 g/mol. The molecule has 0 saturated carbocycles. The molecule has 2 aliphatic heterocycles. The summed E-state index contributed by atoms with van der Waals surface area (Å²) in [6.07, 6.45) is 4.46. The predicted molar refractivity (Wildman–Crippen MR) is 110 cm³/mol. The number of benzene rings is 1. The monoisotopic (exact) mass is 387 g/mol. The molecule has 2 unspecified atom stereocenters. The third kappa shape index (κ3) is 5.25. The lowest BCUT2D eigenvalue weighted by atomic mass is 9.85. The first-order valence-electron chi connectivity index (χ1n) is 10.5. The van der Waals surface area contributed by atoms with Gasteiger partial charge in [-0.3, -0.25) is 9.59 Å². The second-order valence-corrected chi connectivity index (χ2v) is 8.13. The minimum atomic E-state index is -0.0612. The van der Waals surface area contributed by atoms with E-state index in [1.54, 1.807) is 7.11 Å². The number of nitrogens with zero attached hydrogens (tertiary/aromatic N) is 1. The molecule has 1 aromatic carbocycles. The van der Waals surface area contributed by atoms with Crippen LogP contribution >= 0.6 is 0 Å². The minimum absolute atomic E-state index is 0.0123. The zero-order valence-corrected chi connectivity index (χ0v) is 17.1. The molecule has 2 amide bonds. The van der Waals surface area contributed by atoms with Crippen molar-refractivity contribution in [1.29, 1.82) is 0 Å². The summed E-state index contributed by atoms with van der Waals surface area (Å²) < 4.78 is 5.30. The Kier molecular flexibility index (Phi) is 7.31. The molecule has 2 atom stereocenters. The van der Waals surface area contributed by atoms with Gasteiger partial charge in [0.2, 0.25) is 11.8 Å². The van der Waals surface area contributed by atoms with Gasteiger partial charge in [-0.1, -0.05) is 19.1 Å². The lowest BCUT2D eigenvalue weighted by molar-refractivity contribution is -0.135. The lowest BCUT2D eigenvalue weighted by Crippen LogP contribution is -2.43. The van der Waals surface area contributed by atoms with E-state index < -0.39 is 0 Å². The Labute approximate surface area is 168 Å². The summed E-state index contributed by atoms with van der Waals surface area (Å²) in [5, 5.41) is 6.41. The van der Waals surface area contributed by atoms with E-state index >= 15 is 0 Å². The van der Waals surface area contributed by atoms with Crippen LogP contribution in [0.15, 0.2) is 24.3 Å². The first-order valence-corrected chi connectivity index (χ1v) is 10.5. The molecule has 2 fully saturated rings. The largest absolute Gasteiger partial charge is 0.495 e. The predicted octanol–water partition coefficient (Wildman–Crippen LogP) is 2.90. The molecule has 2 saturated heterocycles. The summed E-state index contributed by atoms with van der Waals surface area (Å²) in [5.74, 6) is 1.86. The normalized spacial score (nSPS) is 21.8. The average molecular weight is 388 g/mol. The highest BCUT2D eigenvalue weighted by molar-refractivity contribution is 5.94. The van der Waals surface area contributed by atoms with Crippen LogP contribution in [0.25, 0.3) is 0 Å². The number of amides is 2. The number of ether oxygens (including phenoxy) is 1. The number of methoxy groups -OCH3 is 1. The quantitative estimate of drug-likeness (QED) is 0.787. The van der Waals surface area contributed by atoms with Gasteiger partial charge >= 0.3 is 0 Å². The molecular formula is C22H33N3O3. The third-order valence-electron chi connectivity index (χ3n) is 6.22. The first-order chi connectivity index (χ1) is 13.6. The van der Waals surface area contributed by atoms with Crippen molar-refractivity contribution in [3.8, 4) is 5.75 Å². The lowest BCUT2D eigenvalue weighted by Gasteiger charge is -2.34. The SMILES string of the molecule is COc1ccccc1NC(=O)C1CCN(C(=O)CC(C)C2CCCNC2)CC1. The summed E-state index contributed by atoms with van der Waals surface area (Å²) >= 11 is 0. The minimum Gasteiger partial charge on any atom is -0.495 e. The molecule has 154 valence electrons. The second kappa shape index (κ2) is 9.92. The molecule has 0 bridgehead atoms. The molecule has 2 heterocycles. The number of para-hydroxylation sites is 2. The Morgan fingerprint density at radius 1 is 1.25 bits per heavy atom. The summed E-state index contributed by atoms with van der Waals surface area (Å²) in [7, 11) is 1.60. The zero-order valence-electron chi connectivity index (χ0n) is 17.1. The van der Waals surface area contributed by atoms with Crippen molar-refractivity contribution in [1.82, 2.24) is 10.2 Å². The molecule has 0 aliphatic carbocycles. The Balaban J connectivity index is 1.45. The summed E-state index contributed by atoms with van der Waals surface area (Å²) in [5.41, 5.74) is 0.698. The standard InChI is InChI=1S/C22H33N3O3/c1-16(18-6-5-11-23-15-18)14-21(26)25-12-9-17(10-13-25)22(27)24-19-7-3-4-8-20(19)28-2/h3-4,7-8,16-18,23H,5-6,9-15H2,1-2H3,(H,24,27). The molecule has 2 aliphatic rings. The fourth-order valence-corrected chi connectivity index (χ4v) is 4.31. The summed E-state index contributed by atoms with van der Waals surface area (Å²) in [6.45, 7) is 5.65. The van der Waals surface area contributed by atoms with Crippen LogP contribution in [0, 0.1) is 17.8 Å². The van der Waals surface area contributed by atoms with Crippen molar-refractivity contribution in [2.24, 2.45) is 17.8 Å². The summed E-state index contributed by atoms with van der Waals surface area (Å²) in [4.78, 5) is 27.3. The van der Waals surface area contributed by atoms with Gasteiger partial charge in [0, 0.05) is 25.4 Å². The fourth-order valence-electron chi connectivity index (χ4n) is 4.31. The van der Waals surface area contributed by atoms with Gasteiger partial charge in [-0.15, -0.1) is 0 Å². The highest BCUT2D eigenvalue weighted by Crippen LogP contribution is 2.27. The fraction of sp³-hybridized carbons (Fsp3) is 0.636. The maximum Gasteiger partial charge on any atom is 0.227 e. The van der Waals surface area contributed by atoms with Gasteiger partial charge < -0.3 is 20.3 Å². The van der Waals surface area contributed by atoms with E-state index in [1.807, 2.05) is 29.2 Å². The van der Waals surface area contributed by atoms with Gasteiger partial charge in [-0.2, -0.15) is 0 Å². The van der Waals surface area contributed by atoms with Gasteiger partial charge in [-0.05, 0) is 62.7 Å². The van der Waals surface area contributed by atoms with Crippen LogP contribution in [0.5, 0.6) is 5.75 Å². The number of carbonyl (C=O) groups is 2. The van der Waals surface area contributed by atoms with E-state index in [-0.39, 0.29) is 17.7 Å². The Morgan fingerprint density at radius 3 is 2.68 bits per heavy atom. The highest BCUT2D eigenvalue weighted by atomic mass is 16.5. The van der Waals surface area contributed by atoms with Gasteiger partial charge in [0.15, 0.2) is 0 Å². The van der Waals surface area contributed by atoms with Crippen LogP contribution in [0.2, 0.25) is 0 Å². The maximum atomic E-state index is 12.7. The maximum absolute atomic E-state index is 12.7. The van der Waals surface area contributed by atoms with Crippen LogP contribution in [-0.4, -0.2) is 50.0 Å². The van der Waals surface area contributed by atoms with E-state index in [0.717, 1.165) is 13.1 Å². The van der Waals surface area contributed by atoms with Crippen molar-refractivity contribution in [3.05, 3.63) is 24.3 Å². The molecule has 0 aromatic heterocycles. The number of nitrogens with one attached hydrogen (secondary N) is 2. The Morgan fingerprint density at radius 2 is 2.00 bits per heavy atom. The molecule has 3 rings (SSSR count). The van der Waals surface area contributed by atoms with E-state index in [2.05, 4.69) is 17.6 Å². The summed E-state index contributed by atoms with van der Waals surface area (Å²) in [6, 6.07) is 7.43. The van der Waals surface area contributed by atoms with Gasteiger partial charge in [-0.25, -0.2) is 0 Å². The number of likely N-dealkylation sites (tertiary alicyclic amines) is 1. The number of carbonyl (C=O) groups excluding carboxylic acids is 2. The molecule has 6 heteroatoms. The Hall–Kier alpha value is -2.08. The van der Waals surface area contributed by atoms with Crippen LogP contribution < -0.4 is 15.4 Å².